The Morgan fingerprint density at radius 2 is 1.75 bits per heavy atom. The molecule has 0 radical (unpaired) electrons. The highest BCUT2D eigenvalue weighted by Crippen LogP contribution is 2.27. The third-order valence-electron chi connectivity index (χ3n) is 3.94. The van der Waals surface area contributed by atoms with Crippen LogP contribution >= 0.6 is 0 Å². The summed E-state index contributed by atoms with van der Waals surface area (Å²) in [7, 11) is 2.16. The Hall–Kier alpha value is -2.21. The molecular weight excluding hydrogens is 252 g/mol. The van der Waals surface area contributed by atoms with Gasteiger partial charge < -0.3 is 9.80 Å². The SMILES string of the molecule is CN1CCN(c2nn3cnnc3c3ccccc23)CC1. The highest BCUT2D eigenvalue weighted by Gasteiger charge is 2.19. The smallest absolute Gasteiger partial charge is 0.185 e. The number of fused-ring (bicyclic) bond motifs is 3. The average Bonchev–Trinajstić information content (AvgIpc) is 2.96. The maximum atomic E-state index is 4.71. The number of anilines is 1. The van der Waals surface area contributed by atoms with Gasteiger partial charge in [-0.1, -0.05) is 24.3 Å². The van der Waals surface area contributed by atoms with Crippen molar-refractivity contribution < 1.29 is 0 Å². The van der Waals surface area contributed by atoms with Gasteiger partial charge >= 0.3 is 0 Å². The van der Waals surface area contributed by atoms with E-state index in [9.17, 15) is 0 Å². The summed E-state index contributed by atoms with van der Waals surface area (Å²) in [5, 5.41) is 15.1. The van der Waals surface area contributed by atoms with Gasteiger partial charge in [-0.05, 0) is 7.05 Å². The van der Waals surface area contributed by atoms with Crippen molar-refractivity contribution in [2.45, 2.75) is 0 Å². The standard InChI is InChI=1S/C14H16N6/c1-18-6-8-19(9-7-18)14-12-5-3-2-4-11(12)13-16-15-10-20(13)17-14/h2-5,10H,6-9H2,1H3. The van der Waals surface area contributed by atoms with Gasteiger partial charge in [-0.15, -0.1) is 15.3 Å². The Bertz CT molecular complexity index is 757. The third kappa shape index (κ3) is 1.72. The van der Waals surface area contributed by atoms with Crippen LogP contribution in [0.5, 0.6) is 0 Å². The Morgan fingerprint density at radius 1 is 1.00 bits per heavy atom. The topological polar surface area (TPSA) is 49.6 Å². The summed E-state index contributed by atoms with van der Waals surface area (Å²) >= 11 is 0. The summed E-state index contributed by atoms with van der Waals surface area (Å²) in [6.45, 7) is 4.13. The van der Waals surface area contributed by atoms with Crippen molar-refractivity contribution in [3.8, 4) is 0 Å². The van der Waals surface area contributed by atoms with Crippen molar-refractivity contribution in [2.24, 2.45) is 0 Å². The van der Waals surface area contributed by atoms with Gasteiger partial charge in [-0.3, -0.25) is 0 Å². The van der Waals surface area contributed by atoms with Gasteiger partial charge in [0.05, 0.1) is 0 Å². The monoisotopic (exact) mass is 268 g/mol. The lowest BCUT2D eigenvalue weighted by Crippen LogP contribution is -2.45. The summed E-state index contributed by atoms with van der Waals surface area (Å²) in [6.07, 6.45) is 1.67. The Kier molecular flexibility index (Phi) is 2.56. The zero-order chi connectivity index (χ0) is 13.5. The molecule has 1 saturated heterocycles. The quantitative estimate of drug-likeness (QED) is 0.660. The molecular formula is C14H16N6. The molecule has 3 aromatic rings. The molecule has 4 rings (SSSR count). The molecule has 0 spiro atoms. The lowest BCUT2D eigenvalue weighted by atomic mass is 10.1. The first-order valence-corrected chi connectivity index (χ1v) is 6.85. The molecule has 0 saturated carbocycles. The summed E-state index contributed by atoms with van der Waals surface area (Å²) in [5.74, 6) is 1.03. The normalized spacial score (nSPS) is 17.1. The lowest BCUT2D eigenvalue weighted by molar-refractivity contribution is 0.312. The molecule has 0 amide bonds. The number of benzene rings is 1. The van der Waals surface area contributed by atoms with Crippen LogP contribution in [0.3, 0.4) is 0 Å². The van der Waals surface area contributed by atoms with E-state index in [-0.39, 0.29) is 0 Å². The Balaban J connectivity index is 1.92. The van der Waals surface area contributed by atoms with Crippen LogP contribution in [-0.4, -0.2) is 57.9 Å². The first kappa shape index (κ1) is 11.6. The second-order valence-electron chi connectivity index (χ2n) is 5.26. The first-order chi connectivity index (χ1) is 9.83. The molecule has 0 aliphatic carbocycles. The summed E-state index contributed by atoms with van der Waals surface area (Å²) in [6, 6.07) is 8.28. The summed E-state index contributed by atoms with van der Waals surface area (Å²) in [5.41, 5.74) is 0.818. The van der Waals surface area contributed by atoms with E-state index < -0.39 is 0 Å². The second-order valence-corrected chi connectivity index (χ2v) is 5.26. The van der Waals surface area contributed by atoms with Crippen molar-refractivity contribution in [1.82, 2.24) is 24.7 Å². The van der Waals surface area contributed by atoms with E-state index in [1.54, 1.807) is 10.8 Å². The van der Waals surface area contributed by atoms with Gasteiger partial charge in [0.2, 0.25) is 0 Å². The number of likely N-dealkylation sites (N-methyl/N-ethyl adjacent to an activating group) is 1. The maximum absolute atomic E-state index is 4.71. The highest BCUT2D eigenvalue weighted by molar-refractivity contribution is 6.00. The highest BCUT2D eigenvalue weighted by atomic mass is 15.4. The fraction of sp³-hybridized carbons (Fsp3) is 0.357. The molecule has 0 N–H and O–H groups in total. The number of piperazine rings is 1. The molecule has 6 heteroatoms. The number of hydrogen-bond acceptors (Lipinski definition) is 5. The molecule has 1 fully saturated rings. The number of nitrogens with zero attached hydrogens (tertiary/aromatic N) is 6. The van der Waals surface area contributed by atoms with E-state index >= 15 is 0 Å². The van der Waals surface area contributed by atoms with Crippen LogP contribution in [0.15, 0.2) is 30.6 Å². The Labute approximate surface area is 116 Å². The maximum Gasteiger partial charge on any atom is 0.185 e. The average molecular weight is 268 g/mol. The van der Waals surface area contributed by atoms with Gasteiger partial charge in [0.15, 0.2) is 11.5 Å². The van der Waals surface area contributed by atoms with Crippen LogP contribution in [0, 0.1) is 0 Å². The van der Waals surface area contributed by atoms with Gasteiger partial charge in [0, 0.05) is 37.0 Å². The lowest BCUT2D eigenvalue weighted by Gasteiger charge is -2.33. The molecule has 20 heavy (non-hydrogen) atoms. The molecule has 1 aliphatic heterocycles. The van der Waals surface area contributed by atoms with Crippen molar-refractivity contribution >= 4 is 22.2 Å². The van der Waals surface area contributed by atoms with Crippen molar-refractivity contribution in [2.75, 3.05) is 38.1 Å². The first-order valence-electron chi connectivity index (χ1n) is 6.85. The molecule has 2 aromatic heterocycles. The number of rotatable bonds is 1. The van der Waals surface area contributed by atoms with Gasteiger partial charge in [-0.25, -0.2) is 0 Å². The number of hydrogen-bond donors (Lipinski definition) is 0. The molecule has 0 atom stereocenters. The minimum Gasteiger partial charge on any atom is -0.352 e. The molecule has 1 aliphatic rings. The van der Waals surface area contributed by atoms with E-state index in [1.807, 2.05) is 6.07 Å². The second kappa shape index (κ2) is 4.42. The van der Waals surface area contributed by atoms with Crippen LogP contribution in [0.4, 0.5) is 5.82 Å². The zero-order valence-electron chi connectivity index (χ0n) is 11.4. The minimum atomic E-state index is 0.818. The van der Waals surface area contributed by atoms with Gasteiger partial charge in [0.1, 0.15) is 6.33 Å². The molecule has 0 unspecified atom stereocenters. The summed E-state index contributed by atoms with van der Waals surface area (Å²) in [4.78, 5) is 4.69. The fourth-order valence-electron chi connectivity index (χ4n) is 2.76. The van der Waals surface area contributed by atoms with Crippen LogP contribution in [-0.2, 0) is 0 Å². The van der Waals surface area contributed by atoms with E-state index in [4.69, 9.17) is 5.10 Å². The molecule has 1 aromatic carbocycles. The van der Waals surface area contributed by atoms with Crippen LogP contribution in [0.25, 0.3) is 16.4 Å². The molecule has 3 heterocycles. The number of aromatic nitrogens is 4. The van der Waals surface area contributed by atoms with Crippen molar-refractivity contribution in [3.63, 3.8) is 0 Å². The molecule has 102 valence electrons. The molecule has 0 bridgehead atoms. The fourth-order valence-corrected chi connectivity index (χ4v) is 2.76. The zero-order valence-corrected chi connectivity index (χ0v) is 11.4. The van der Waals surface area contributed by atoms with Crippen LogP contribution < -0.4 is 4.90 Å². The van der Waals surface area contributed by atoms with Gasteiger partial charge in [-0.2, -0.15) is 4.52 Å². The Morgan fingerprint density at radius 3 is 2.55 bits per heavy atom. The summed E-state index contributed by atoms with van der Waals surface area (Å²) < 4.78 is 1.77. The van der Waals surface area contributed by atoms with E-state index in [0.717, 1.165) is 48.4 Å². The van der Waals surface area contributed by atoms with E-state index in [2.05, 4.69) is 45.2 Å². The predicted molar refractivity (Wildman–Crippen MR) is 78.0 cm³/mol. The predicted octanol–water partition coefficient (Wildman–Crippen LogP) is 1.03. The van der Waals surface area contributed by atoms with Gasteiger partial charge in [0.25, 0.3) is 0 Å². The van der Waals surface area contributed by atoms with Crippen molar-refractivity contribution in [3.05, 3.63) is 30.6 Å². The molecule has 6 nitrogen and oxygen atoms in total. The van der Waals surface area contributed by atoms with Crippen molar-refractivity contribution in [1.29, 1.82) is 0 Å². The van der Waals surface area contributed by atoms with E-state index in [1.165, 1.54) is 0 Å². The van der Waals surface area contributed by atoms with Crippen LogP contribution in [0.1, 0.15) is 0 Å². The largest absolute Gasteiger partial charge is 0.352 e. The van der Waals surface area contributed by atoms with E-state index in [0.29, 0.717) is 0 Å². The minimum absolute atomic E-state index is 0.818. The van der Waals surface area contributed by atoms with Crippen LogP contribution in [0.2, 0.25) is 0 Å². The third-order valence-corrected chi connectivity index (χ3v) is 3.94.